The highest BCUT2D eigenvalue weighted by atomic mass is 32.2. The van der Waals surface area contributed by atoms with E-state index < -0.39 is 52.8 Å². The molecule has 0 bridgehead atoms. The van der Waals surface area contributed by atoms with Gasteiger partial charge in [0.2, 0.25) is 0 Å². The minimum atomic E-state index is -5.53. The third-order valence-electron chi connectivity index (χ3n) is 4.80. The molecule has 6 nitrogen and oxygen atoms in total. The quantitative estimate of drug-likeness (QED) is 0.598. The van der Waals surface area contributed by atoms with Gasteiger partial charge in [-0.1, -0.05) is 20.8 Å². The van der Waals surface area contributed by atoms with Crippen LogP contribution in [0.25, 0.3) is 0 Å². The fourth-order valence-corrected chi connectivity index (χ4v) is 4.10. The van der Waals surface area contributed by atoms with Crippen LogP contribution < -0.4 is 0 Å². The lowest BCUT2D eigenvalue weighted by Gasteiger charge is -2.38. The van der Waals surface area contributed by atoms with Gasteiger partial charge in [-0.3, -0.25) is 4.90 Å². The van der Waals surface area contributed by atoms with E-state index >= 15 is 0 Å². The average Bonchev–Trinajstić information content (AvgIpc) is 2.85. The molecule has 0 saturated carbocycles. The molecule has 1 heterocycles. The molecule has 0 aromatic heterocycles. The van der Waals surface area contributed by atoms with E-state index in [4.69, 9.17) is 9.16 Å². The number of sulfone groups is 1. The Bertz CT molecular complexity index is 733. The molecule has 28 heavy (non-hydrogen) atoms. The first-order chi connectivity index (χ1) is 12.2. The van der Waals surface area contributed by atoms with Crippen molar-refractivity contribution < 1.29 is 35.5 Å². The van der Waals surface area contributed by atoms with Crippen LogP contribution in [0, 0.1) is 0 Å². The second-order valence-electron chi connectivity index (χ2n) is 9.33. The van der Waals surface area contributed by atoms with E-state index in [1.165, 1.54) is 0 Å². The fraction of sp³-hybridized carbons (Fsp3) is 0.824. The summed E-state index contributed by atoms with van der Waals surface area (Å²) >= 11 is 0. The van der Waals surface area contributed by atoms with Crippen LogP contribution in [0.15, 0.2) is 11.0 Å². The number of amides is 1. The number of alkyl halides is 3. The fourth-order valence-electron chi connectivity index (χ4n) is 2.13. The van der Waals surface area contributed by atoms with Gasteiger partial charge in [0.1, 0.15) is 5.60 Å². The second kappa shape index (κ2) is 7.64. The summed E-state index contributed by atoms with van der Waals surface area (Å²) in [5.41, 5.74) is -6.32. The maximum absolute atomic E-state index is 13.0. The third-order valence-corrected chi connectivity index (χ3v) is 10.9. The van der Waals surface area contributed by atoms with Crippen LogP contribution in [0.1, 0.15) is 41.5 Å². The minimum Gasteiger partial charge on any atom is -0.444 e. The van der Waals surface area contributed by atoms with Crippen LogP contribution in [0.2, 0.25) is 18.1 Å². The molecule has 1 aliphatic rings. The highest BCUT2D eigenvalue weighted by Crippen LogP contribution is 2.38. The van der Waals surface area contributed by atoms with E-state index in [9.17, 15) is 26.4 Å². The Hall–Kier alpha value is -1.07. The number of carbonyl (C=O) groups excluding carboxylic acids is 1. The molecule has 0 radical (unpaired) electrons. The van der Waals surface area contributed by atoms with Gasteiger partial charge in [-0.2, -0.15) is 13.2 Å². The largest absolute Gasteiger partial charge is 0.501 e. The molecule has 1 aliphatic heterocycles. The molecule has 1 rings (SSSR count). The summed E-state index contributed by atoms with van der Waals surface area (Å²) in [7, 11) is -7.80. The van der Waals surface area contributed by atoms with Crippen molar-refractivity contribution in [3.8, 4) is 0 Å². The second-order valence-corrected chi connectivity index (χ2v) is 16.1. The first-order valence-corrected chi connectivity index (χ1v) is 13.2. The van der Waals surface area contributed by atoms with Gasteiger partial charge in [-0.25, -0.2) is 13.2 Å². The van der Waals surface area contributed by atoms with Crippen molar-refractivity contribution in [1.29, 1.82) is 0 Å². The van der Waals surface area contributed by atoms with Gasteiger partial charge in [0, 0.05) is 0 Å². The van der Waals surface area contributed by atoms with E-state index in [0.717, 1.165) is 11.0 Å². The predicted molar refractivity (Wildman–Crippen MR) is 103 cm³/mol. The molecule has 1 atom stereocenters. The van der Waals surface area contributed by atoms with Crippen LogP contribution in [0.3, 0.4) is 0 Å². The van der Waals surface area contributed by atoms with Crippen molar-refractivity contribution in [2.45, 2.75) is 76.8 Å². The molecule has 164 valence electrons. The average molecular weight is 446 g/mol. The van der Waals surface area contributed by atoms with Crippen LogP contribution in [0.5, 0.6) is 0 Å². The summed E-state index contributed by atoms with van der Waals surface area (Å²) in [4.78, 5) is 12.6. The van der Waals surface area contributed by atoms with Crippen molar-refractivity contribution in [3.05, 3.63) is 11.0 Å². The number of ether oxygens (including phenoxy) is 1. The Kier molecular flexibility index (Phi) is 6.81. The van der Waals surface area contributed by atoms with Gasteiger partial charge < -0.3 is 9.16 Å². The normalized spacial score (nSPS) is 19.6. The third kappa shape index (κ3) is 5.72. The van der Waals surface area contributed by atoms with E-state index in [1.807, 2.05) is 33.9 Å². The maximum atomic E-state index is 13.0. The van der Waals surface area contributed by atoms with Crippen molar-refractivity contribution in [2.24, 2.45) is 0 Å². The van der Waals surface area contributed by atoms with Crippen LogP contribution in [-0.4, -0.2) is 58.0 Å². The first-order valence-electron chi connectivity index (χ1n) is 8.85. The summed E-state index contributed by atoms with van der Waals surface area (Å²) in [5, 5.41) is -0.160. The molecule has 0 aromatic carbocycles. The predicted octanol–water partition coefficient (Wildman–Crippen LogP) is 4.45. The molecule has 1 amide bonds. The Morgan fingerprint density at radius 1 is 1.18 bits per heavy atom. The smallest absolute Gasteiger partial charge is 0.444 e. The highest BCUT2D eigenvalue weighted by Gasteiger charge is 2.51. The number of nitrogens with zero attached hydrogens (tertiary/aromatic N) is 1. The van der Waals surface area contributed by atoms with Gasteiger partial charge in [0.15, 0.2) is 8.32 Å². The van der Waals surface area contributed by atoms with Gasteiger partial charge >= 0.3 is 11.6 Å². The summed E-state index contributed by atoms with van der Waals surface area (Å²) in [6.07, 6.45) is 0.0554. The molecule has 0 unspecified atom stereocenters. The zero-order valence-corrected chi connectivity index (χ0v) is 19.4. The summed E-state index contributed by atoms with van der Waals surface area (Å²) in [6, 6.07) is -0.962. The lowest BCUT2D eigenvalue weighted by molar-refractivity contribution is -0.0428. The number of rotatable bonds is 4. The standard InChI is InChI=1S/C17H30F3NO5SSi/c1-15(2,3)26-14(22)21-10-13(27(23,24)17(18,19)20)9-12(21)11-25-28(7,8)16(4,5)6/h9,12H,10-11H2,1-8H3/t12-/m0/s1. The monoisotopic (exact) mass is 445 g/mol. The van der Waals surface area contributed by atoms with Crippen LogP contribution in [0.4, 0.5) is 18.0 Å². The summed E-state index contributed by atoms with van der Waals surface area (Å²) < 4.78 is 73.7. The van der Waals surface area contributed by atoms with E-state index in [0.29, 0.717) is 0 Å². The number of hydrogen-bond acceptors (Lipinski definition) is 5. The lowest BCUT2D eigenvalue weighted by atomic mass is 10.2. The number of carbonyl (C=O) groups is 1. The van der Waals surface area contributed by atoms with E-state index in [-0.39, 0.29) is 11.6 Å². The van der Waals surface area contributed by atoms with Gasteiger partial charge in [-0.05, 0) is 45.0 Å². The van der Waals surface area contributed by atoms with Gasteiger partial charge in [-0.15, -0.1) is 0 Å². The molecule has 0 saturated heterocycles. The molecule has 0 N–H and O–H groups in total. The maximum Gasteiger partial charge on any atom is 0.501 e. The molecule has 11 heteroatoms. The molecular weight excluding hydrogens is 415 g/mol. The van der Waals surface area contributed by atoms with E-state index in [1.54, 1.807) is 20.8 Å². The Morgan fingerprint density at radius 3 is 2.07 bits per heavy atom. The minimum absolute atomic E-state index is 0.105. The first kappa shape index (κ1) is 25.0. The zero-order valence-electron chi connectivity index (χ0n) is 17.6. The van der Waals surface area contributed by atoms with E-state index in [2.05, 4.69) is 0 Å². The van der Waals surface area contributed by atoms with Gasteiger partial charge in [0.05, 0.1) is 24.1 Å². The van der Waals surface area contributed by atoms with Crippen molar-refractivity contribution in [2.75, 3.05) is 13.2 Å². The van der Waals surface area contributed by atoms with Crippen LogP contribution in [-0.2, 0) is 19.0 Å². The molecule has 0 aliphatic carbocycles. The van der Waals surface area contributed by atoms with Crippen molar-refractivity contribution in [1.82, 2.24) is 4.90 Å². The Balaban J connectivity index is 3.18. The Morgan fingerprint density at radius 2 is 1.68 bits per heavy atom. The molecule has 0 fully saturated rings. The number of halogens is 3. The molecule has 0 aromatic rings. The van der Waals surface area contributed by atoms with Crippen molar-refractivity contribution >= 4 is 24.2 Å². The SMILES string of the molecule is CC(C)(C)OC(=O)N1CC(S(=O)(=O)C(F)(F)F)=C[C@H]1CO[Si](C)(C)C(C)(C)C. The molecular formula is C17H30F3NO5SSi. The zero-order chi connectivity index (χ0) is 22.3. The van der Waals surface area contributed by atoms with Gasteiger partial charge in [0.25, 0.3) is 9.84 Å². The topological polar surface area (TPSA) is 72.9 Å². The van der Waals surface area contributed by atoms with Crippen LogP contribution >= 0.6 is 0 Å². The molecule has 0 spiro atoms. The highest BCUT2D eigenvalue weighted by molar-refractivity contribution is 7.96. The number of hydrogen-bond donors (Lipinski definition) is 0. The Labute approximate surface area is 166 Å². The van der Waals surface area contributed by atoms with Crippen molar-refractivity contribution in [3.63, 3.8) is 0 Å². The lowest BCUT2D eigenvalue weighted by Crippen LogP contribution is -2.47. The summed E-state index contributed by atoms with van der Waals surface area (Å²) in [5.74, 6) is 0. The summed E-state index contributed by atoms with van der Waals surface area (Å²) in [6.45, 7) is 13.9.